The van der Waals surface area contributed by atoms with Gasteiger partial charge in [-0.3, -0.25) is 4.79 Å². The first-order valence-corrected chi connectivity index (χ1v) is 9.33. The van der Waals surface area contributed by atoms with Crippen LogP contribution >= 0.6 is 0 Å². The molecular weight excluding hydrogens is 369 g/mol. The molecule has 6 nitrogen and oxygen atoms in total. The first-order chi connectivity index (χ1) is 13.9. The summed E-state index contributed by atoms with van der Waals surface area (Å²) in [7, 11) is 3.96. The second-order valence-corrected chi connectivity index (χ2v) is 6.92. The van der Waals surface area contributed by atoms with Gasteiger partial charge in [-0.15, -0.1) is 0 Å². The van der Waals surface area contributed by atoms with Crippen molar-refractivity contribution in [2.75, 3.05) is 30.9 Å². The summed E-state index contributed by atoms with van der Waals surface area (Å²) in [5, 5.41) is 5.98. The van der Waals surface area contributed by atoms with Crippen molar-refractivity contribution in [1.29, 1.82) is 0 Å². The molecule has 0 saturated carbocycles. The molecule has 2 N–H and O–H groups in total. The van der Waals surface area contributed by atoms with Gasteiger partial charge in [0.1, 0.15) is 11.5 Å². The predicted molar refractivity (Wildman–Crippen MR) is 113 cm³/mol. The number of aromatic nitrogens is 2. The van der Waals surface area contributed by atoms with Crippen molar-refractivity contribution in [2.45, 2.75) is 13.3 Å². The number of carbonyl (C=O) groups is 1. The van der Waals surface area contributed by atoms with Crippen LogP contribution in [0.15, 0.2) is 54.6 Å². The van der Waals surface area contributed by atoms with Crippen molar-refractivity contribution < 1.29 is 9.18 Å². The Morgan fingerprint density at radius 2 is 1.72 bits per heavy atom. The number of nitrogens with one attached hydrogen (secondary N) is 2. The molecule has 1 amide bonds. The molecule has 0 aliphatic rings. The van der Waals surface area contributed by atoms with Crippen LogP contribution in [-0.4, -0.2) is 36.5 Å². The normalized spacial score (nSPS) is 10.5. The van der Waals surface area contributed by atoms with Crippen molar-refractivity contribution in [3.05, 3.63) is 77.4 Å². The Kier molecular flexibility index (Phi) is 6.39. The zero-order chi connectivity index (χ0) is 20.8. The third-order valence-electron chi connectivity index (χ3n) is 4.34. The highest BCUT2D eigenvalue weighted by atomic mass is 19.1. The van der Waals surface area contributed by atoms with Crippen LogP contribution in [0.4, 0.5) is 21.7 Å². The van der Waals surface area contributed by atoms with Crippen molar-refractivity contribution in [1.82, 2.24) is 15.3 Å². The second-order valence-electron chi connectivity index (χ2n) is 6.92. The van der Waals surface area contributed by atoms with Crippen LogP contribution in [0.5, 0.6) is 0 Å². The van der Waals surface area contributed by atoms with Crippen molar-refractivity contribution in [3.8, 4) is 0 Å². The third-order valence-corrected chi connectivity index (χ3v) is 4.34. The Bertz CT molecular complexity index is 971. The maximum absolute atomic E-state index is 13.0. The molecule has 29 heavy (non-hydrogen) atoms. The van der Waals surface area contributed by atoms with Gasteiger partial charge < -0.3 is 15.5 Å². The largest absolute Gasteiger partial charge is 0.378 e. The first-order valence-electron chi connectivity index (χ1n) is 9.33. The van der Waals surface area contributed by atoms with Gasteiger partial charge in [0.2, 0.25) is 5.95 Å². The summed E-state index contributed by atoms with van der Waals surface area (Å²) < 4.78 is 13.0. The number of hydrogen-bond donors (Lipinski definition) is 2. The average molecular weight is 393 g/mol. The lowest BCUT2D eigenvalue weighted by Crippen LogP contribution is -2.27. The SMILES string of the molecule is Cc1cc(C(=O)NCCc2ccc(F)cc2)nc(Nc2ccc(N(C)C)cc2)n1. The molecule has 1 heterocycles. The second kappa shape index (κ2) is 9.14. The van der Waals surface area contributed by atoms with E-state index in [0.717, 1.165) is 16.9 Å². The molecule has 2 aromatic carbocycles. The highest BCUT2D eigenvalue weighted by Gasteiger charge is 2.11. The number of benzene rings is 2. The zero-order valence-corrected chi connectivity index (χ0v) is 16.7. The molecule has 3 aromatic rings. The highest BCUT2D eigenvalue weighted by Crippen LogP contribution is 2.18. The molecule has 3 rings (SSSR count). The maximum Gasteiger partial charge on any atom is 0.270 e. The molecule has 0 atom stereocenters. The van der Waals surface area contributed by atoms with Gasteiger partial charge in [0.15, 0.2) is 0 Å². The summed E-state index contributed by atoms with van der Waals surface area (Å²) >= 11 is 0. The van der Waals surface area contributed by atoms with Crippen LogP contribution in [-0.2, 0) is 6.42 Å². The standard InChI is InChI=1S/C22H24FN5O/c1-15-14-20(21(29)24-13-12-16-4-6-17(23)7-5-16)27-22(25-15)26-18-8-10-19(11-9-18)28(2)3/h4-11,14H,12-13H2,1-3H3,(H,24,29)(H,25,26,27). The van der Waals surface area contributed by atoms with E-state index < -0.39 is 0 Å². The Morgan fingerprint density at radius 3 is 2.38 bits per heavy atom. The lowest BCUT2D eigenvalue weighted by molar-refractivity contribution is 0.0949. The molecule has 0 radical (unpaired) electrons. The van der Waals surface area contributed by atoms with Crippen LogP contribution in [0.25, 0.3) is 0 Å². The summed E-state index contributed by atoms with van der Waals surface area (Å²) in [4.78, 5) is 23.2. The van der Waals surface area contributed by atoms with E-state index in [-0.39, 0.29) is 11.7 Å². The van der Waals surface area contributed by atoms with E-state index in [1.165, 1.54) is 12.1 Å². The van der Waals surface area contributed by atoms with E-state index in [0.29, 0.717) is 30.3 Å². The van der Waals surface area contributed by atoms with E-state index in [4.69, 9.17) is 0 Å². The van der Waals surface area contributed by atoms with Crippen molar-refractivity contribution in [3.63, 3.8) is 0 Å². The lowest BCUT2D eigenvalue weighted by atomic mass is 10.1. The molecule has 150 valence electrons. The number of halogens is 1. The molecule has 0 aliphatic carbocycles. The van der Waals surface area contributed by atoms with Gasteiger partial charge in [0.05, 0.1) is 0 Å². The number of carbonyl (C=O) groups excluding carboxylic acids is 1. The van der Waals surface area contributed by atoms with Crippen LogP contribution < -0.4 is 15.5 Å². The van der Waals surface area contributed by atoms with Gasteiger partial charge in [0.25, 0.3) is 5.91 Å². The molecule has 0 unspecified atom stereocenters. The van der Waals surface area contributed by atoms with Gasteiger partial charge in [-0.2, -0.15) is 0 Å². The van der Waals surface area contributed by atoms with Gasteiger partial charge >= 0.3 is 0 Å². The molecule has 7 heteroatoms. The molecular formula is C22H24FN5O. The minimum atomic E-state index is -0.274. The van der Waals surface area contributed by atoms with E-state index >= 15 is 0 Å². The predicted octanol–water partition coefficient (Wildman–Crippen LogP) is 3.71. The summed E-state index contributed by atoms with van der Waals surface area (Å²) in [6.07, 6.45) is 0.611. The molecule has 0 bridgehead atoms. The van der Waals surface area contributed by atoms with Gasteiger partial charge in [-0.25, -0.2) is 14.4 Å². The molecule has 0 fully saturated rings. The molecule has 0 spiro atoms. The number of hydrogen-bond acceptors (Lipinski definition) is 5. The zero-order valence-electron chi connectivity index (χ0n) is 16.7. The summed E-state index contributed by atoms with van der Waals surface area (Å²) in [6, 6.07) is 15.7. The summed E-state index contributed by atoms with van der Waals surface area (Å²) in [6.45, 7) is 2.25. The van der Waals surface area contributed by atoms with Gasteiger partial charge in [-0.1, -0.05) is 12.1 Å². The number of anilines is 3. The summed E-state index contributed by atoms with van der Waals surface area (Å²) in [5.41, 5.74) is 3.86. The number of rotatable bonds is 7. The fourth-order valence-corrected chi connectivity index (χ4v) is 2.77. The molecule has 0 saturated heterocycles. The topological polar surface area (TPSA) is 70.2 Å². The fourth-order valence-electron chi connectivity index (χ4n) is 2.77. The molecule has 0 aliphatic heterocycles. The monoisotopic (exact) mass is 393 g/mol. The first kappa shape index (κ1) is 20.3. The Morgan fingerprint density at radius 1 is 1.03 bits per heavy atom. The fraction of sp³-hybridized carbons (Fsp3) is 0.227. The molecule has 1 aromatic heterocycles. The average Bonchev–Trinajstić information content (AvgIpc) is 2.69. The number of amides is 1. The minimum absolute atomic E-state index is 0.273. The van der Waals surface area contributed by atoms with E-state index in [9.17, 15) is 9.18 Å². The number of nitrogens with zero attached hydrogens (tertiary/aromatic N) is 3. The summed E-state index contributed by atoms with van der Waals surface area (Å²) in [5.74, 6) is -0.180. The van der Waals surface area contributed by atoms with E-state index in [1.54, 1.807) is 18.2 Å². The van der Waals surface area contributed by atoms with Gasteiger partial charge in [0, 0.05) is 37.7 Å². The Hall–Kier alpha value is -3.48. The van der Waals surface area contributed by atoms with Crippen molar-refractivity contribution in [2.24, 2.45) is 0 Å². The minimum Gasteiger partial charge on any atom is -0.378 e. The van der Waals surface area contributed by atoms with E-state index in [1.807, 2.05) is 50.2 Å². The quantitative estimate of drug-likeness (QED) is 0.640. The lowest BCUT2D eigenvalue weighted by Gasteiger charge is -2.13. The number of aryl methyl sites for hydroxylation is 1. The highest BCUT2D eigenvalue weighted by molar-refractivity contribution is 5.92. The third kappa shape index (κ3) is 5.75. The van der Waals surface area contributed by atoms with Crippen LogP contribution in [0.1, 0.15) is 21.7 Å². The van der Waals surface area contributed by atoms with Crippen LogP contribution in [0.3, 0.4) is 0 Å². The smallest absolute Gasteiger partial charge is 0.270 e. The van der Waals surface area contributed by atoms with Crippen molar-refractivity contribution >= 4 is 23.2 Å². The Labute approximate surface area is 169 Å². The maximum atomic E-state index is 13.0. The van der Waals surface area contributed by atoms with Crippen LogP contribution in [0, 0.1) is 12.7 Å². The van der Waals surface area contributed by atoms with Crippen LogP contribution in [0.2, 0.25) is 0 Å². The Balaban J connectivity index is 1.62. The van der Waals surface area contributed by atoms with Gasteiger partial charge in [-0.05, 0) is 61.4 Å². The van der Waals surface area contributed by atoms with E-state index in [2.05, 4.69) is 20.6 Å².